The van der Waals surface area contributed by atoms with Gasteiger partial charge in [-0.05, 0) is 25.1 Å². The molecule has 17 heavy (non-hydrogen) atoms. The van der Waals surface area contributed by atoms with Gasteiger partial charge in [-0.15, -0.1) is 0 Å². The average Bonchev–Trinajstić information content (AvgIpc) is 2.30. The Kier molecular flexibility index (Phi) is 4.82. The van der Waals surface area contributed by atoms with Crippen molar-refractivity contribution >= 4 is 27.3 Å². The fraction of sp³-hybridized carbons (Fsp3) is 0.273. The van der Waals surface area contributed by atoms with Gasteiger partial charge in [0.2, 0.25) is 10.0 Å². The molecule has 1 aromatic rings. The molecular weight excluding hydrogens is 260 g/mol. The zero-order valence-electron chi connectivity index (χ0n) is 9.33. The van der Waals surface area contributed by atoms with Crippen LogP contribution in [0.1, 0.15) is 12.5 Å². The molecule has 3 N–H and O–H groups in total. The number of rotatable bonds is 3. The lowest BCUT2D eigenvalue weighted by molar-refractivity contribution is 0.602. The van der Waals surface area contributed by atoms with Crippen LogP contribution in [0, 0.1) is 11.8 Å². The van der Waals surface area contributed by atoms with E-state index in [0.717, 1.165) is 0 Å². The highest BCUT2D eigenvalue weighted by molar-refractivity contribution is 7.92. The van der Waals surface area contributed by atoms with Gasteiger partial charge in [0.1, 0.15) is 0 Å². The lowest BCUT2D eigenvalue weighted by Gasteiger charge is -2.08. The highest BCUT2D eigenvalue weighted by Gasteiger charge is 2.09. The van der Waals surface area contributed by atoms with Crippen molar-refractivity contribution in [2.24, 2.45) is 5.73 Å². The van der Waals surface area contributed by atoms with E-state index < -0.39 is 10.0 Å². The fourth-order valence-electron chi connectivity index (χ4n) is 1.07. The minimum atomic E-state index is -3.34. The number of halogens is 1. The van der Waals surface area contributed by atoms with Crippen molar-refractivity contribution in [3.63, 3.8) is 0 Å². The minimum absolute atomic E-state index is 0.0119. The number of nitrogens with one attached hydrogen (secondary N) is 1. The number of hydrogen-bond donors (Lipinski definition) is 2. The summed E-state index contributed by atoms with van der Waals surface area (Å²) in [6.07, 6.45) is 0. The molecule has 92 valence electrons. The molecule has 0 saturated heterocycles. The molecule has 0 aliphatic heterocycles. The molecule has 1 aromatic carbocycles. The Morgan fingerprint density at radius 2 is 2.18 bits per heavy atom. The van der Waals surface area contributed by atoms with Crippen LogP contribution in [0.15, 0.2) is 18.2 Å². The number of sulfonamides is 1. The number of hydrogen-bond acceptors (Lipinski definition) is 3. The molecule has 0 fully saturated rings. The molecule has 0 aliphatic carbocycles. The van der Waals surface area contributed by atoms with Gasteiger partial charge < -0.3 is 5.73 Å². The largest absolute Gasteiger partial charge is 0.320 e. The monoisotopic (exact) mass is 272 g/mol. The maximum atomic E-state index is 11.4. The second-order valence-electron chi connectivity index (χ2n) is 3.21. The van der Waals surface area contributed by atoms with E-state index in [0.29, 0.717) is 16.3 Å². The Hall–Kier alpha value is -1.22. The molecule has 0 aliphatic rings. The third-order valence-corrected chi connectivity index (χ3v) is 3.57. The zero-order valence-corrected chi connectivity index (χ0v) is 10.9. The summed E-state index contributed by atoms with van der Waals surface area (Å²) in [5.74, 6) is 5.48. The van der Waals surface area contributed by atoms with E-state index in [2.05, 4.69) is 16.6 Å². The van der Waals surface area contributed by atoms with Crippen LogP contribution in [0.4, 0.5) is 5.69 Å². The van der Waals surface area contributed by atoms with Gasteiger partial charge in [-0.2, -0.15) is 0 Å². The van der Waals surface area contributed by atoms with Crippen molar-refractivity contribution < 1.29 is 8.42 Å². The van der Waals surface area contributed by atoms with E-state index in [9.17, 15) is 8.42 Å². The van der Waals surface area contributed by atoms with Crippen molar-refractivity contribution in [3.05, 3.63) is 28.8 Å². The van der Waals surface area contributed by atoms with Crippen LogP contribution in [0.25, 0.3) is 0 Å². The molecule has 0 radical (unpaired) electrons. The first-order valence-corrected chi connectivity index (χ1v) is 7.00. The van der Waals surface area contributed by atoms with Crippen LogP contribution in [-0.2, 0) is 10.0 Å². The Balaban J connectivity index is 3.07. The standard InChI is InChI=1S/C11H13ClN2O2S/c1-2-17(15,16)14-11-8-9(4-3-7-13)5-6-10(11)12/h5-6,8,14H,2,7,13H2,1H3. The molecule has 0 saturated carbocycles. The van der Waals surface area contributed by atoms with Gasteiger partial charge in [0.25, 0.3) is 0 Å². The van der Waals surface area contributed by atoms with Gasteiger partial charge in [0.05, 0.1) is 23.0 Å². The van der Waals surface area contributed by atoms with Gasteiger partial charge in [-0.3, -0.25) is 4.72 Å². The maximum absolute atomic E-state index is 11.4. The van der Waals surface area contributed by atoms with Crippen LogP contribution in [-0.4, -0.2) is 20.7 Å². The van der Waals surface area contributed by atoms with Crippen LogP contribution in [0.3, 0.4) is 0 Å². The van der Waals surface area contributed by atoms with Gasteiger partial charge >= 0.3 is 0 Å². The van der Waals surface area contributed by atoms with Crippen molar-refractivity contribution in [1.29, 1.82) is 0 Å². The van der Waals surface area contributed by atoms with E-state index in [4.69, 9.17) is 17.3 Å². The molecular formula is C11H13ClN2O2S. The van der Waals surface area contributed by atoms with Gasteiger partial charge in [-0.25, -0.2) is 8.42 Å². The summed E-state index contributed by atoms with van der Waals surface area (Å²) in [5.41, 5.74) is 6.25. The van der Waals surface area contributed by atoms with Crippen molar-refractivity contribution in [2.45, 2.75) is 6.92 Å². The summed E-state index contributed by atoms with van der Waals surface area (Å²) in [5, 5.41) is 0.334. The molecule has 4 nitrogen and oxygen atoms in total. The van der Waals surface area contributed by atoms with Crippen molar-refractivity contribution in [2.75, 3.05) is 17.0 Å². The highest BCUT2D eigenvalue weighted by atomic mass is 35.5. The van der Waals surface area contributed by atoms with Crippen molar-refractivity contribution in [3.8, 4) is 11.8 Å². The van der Waals surface area contributed by atoms with E-state index in [1.54, 1.807) is 25.1 Å². The lowest BCUT2D eigenvalue weighted by atomic mass is 10.2. The molecule has 6 heteroatoms. The molecule has 0 unspecified atom stereocenters. The lowest BCUT2D eigenvalue weighted by Crippen LogP contribution is -2.14. The SMILES string of the molecule is CCS(=O)(=O)Nc1cc(C#CCN)ccc1Cl. The van der Waals surface area contributed by atoms with Gasteiger partial charge in [0, 0.05) is 5.56 Å². The predicted molar refractivity (Wildman–Crippen MR) is 70.5 cm³/mol. The first kappa shape index (κ1) is 13.8. The molecule has 0 spiro atoms. The zero-order chi connectivity index (χ0) is 12.9. The third-order valence-electron chi connectivity index (χ3n) is 1.95. The van der Waals surface area contributed by atoms with Crippen LogP contribution in [0.2, 0.25) is 5.02 Å². The highest BCUT2D eigenvalue weighted by Crippen LogP contribution is 2.23. The maximum Gasteiger partial charge on any atom is 0.232 e. The Morgan fingerprint density at radius 3 is 2.76 bits per heavy atom. The summed E-state index contributed by atoms with van der Waals surface area (Å²) in [7, 11) is -3.34. The van der Waals surface area contributed by atoms with Crippen LogP contribution >= 0.6 is 11.6 Å². The van der Waals surface area contributed by atoms with Gasteiger partial charge in [0.15, 0.2) is 0 Å². The van der Waals surface area contributed by atoms with Crippen LogP contribution in [0.5, 0.6) is 0 Å². The topological polar surface area (TPSA) is 72.2 Å². The molecule has 1 rings (SSSR count). The summed E-state index contributed by atoms with van der Waals surface area (Å²) in [6.45, 7) is 1.80. The Bertz CT molecular complexity index is 559. The smallest absolute Gasteiger partial charge is 0.232 e. The molecule has 0 amide bonds. The van der Waals surface area contributed by atoms with E-state index in [1.165, 1.54) is 0 Å². The number of anilines is 1. The molecule has 0 heterocycles. The third kappa shape index (κ3) is 4.27. The summed E-state index contributed by atoms with van der Waals surface area (Å²) in [6, 6.07) is 4.88. The van der Waals surface area contributed by atoms with E-state index in [1.807, 2.05) is 0 Å². The predicted octanol–water partition coefficient (Wildman–Crippen LogP) is 1.41. The summed E-state index contributed by atoms with van der Waals surface area (Å²) >= 11 is 5.89. The van der Waals surface area contributed by atoms with Gasteiger partial charge in [-0.1, -0.05) is 23.4 Å². The fourth-order valence-corrected chi connectivity index (χ4v) is 1.94. The Morgan fingerprint density at radius 1 is 1.47 bits per heavy atom. The second kappa shape index (κ2) is 5.92. The molecule has 0 bridgehead atoms. The summed E-state index contributed by atoms with van der Waals surface area (Å²) < 4.78 is 25.2. The minimum Gasteiger partial charge on any atom is -0.320 e. The number of benzene rings is 1. The van der Waals surface area contributed by atoms with Crippen molar-refractivity contribution in [1.82, 2.24) is 0 Å². The average molecular weight is 273 g/mol. The number of nitrogens with two attached hydrogens (primary N) is 1. The first-order valence-electron chi connectivity index (χ1n) is 4.97. The molecule has 0 aromatic heterocycles. The van der Waals surface area contributed by atoms with Crippen LogP contribution < -0.4 is 10.5 Å². The van der Waals surface area contributed by atoms with E-state index in [-0.39, 0.29) is 12.3 Å². The molecule has 0 atom stereocenters. The second-order valence-corrected chi connectivity index (χ2v) is 5.62. The normalized spacial score (nSPS) is 10.5. The first-order chi connectivity index (χ1) is 7.98. The quantitative estimate of drug-likeness (QED) is 0.818. The van der Waals surface area contributed by atoms with E-state index >= 15 is 0 Å². The summed E-state index contributed by atoms with van der Waals surface area (Å²) in [4.78, 5) is 0. The Labute approximate surface area is 106 Å².